The largest absolute Gasteiger partial charge is 0.497 e. The molecule has 0 aliphatic rings. The molecule has 0 bridgehead atoms. The molecule has 0 fully saturated rings. The van der Waals surface area contributed by atoms with Crippen LogP contribution in [0.15, 0.2) is 71.8 Å². The van der Waals surface area contributed by atoms with Gasteiger partial charge in [-0.2, -0.15) is 23.3 Å². The van der Waals surface area contributed by atoms with Crippen molar-refractivity contribution in [2.45, 2.75) is 6.18 Å². The lowest BCUT2D eigenvalue weighted by Gasteiger charge is -2.15. The van der Waals surface area contributed by atoms with Crippen molar-refractivity contribution in [2.75, 3.05) is 12.1 Å². The highest BCUT2D eigenvalue weighted by molar-refractivity contribution is 7.22. The number of ether oxygens (including phenoxy) is 1. The number of hydrogen-bond donors (Lipinski definition) is 0. The molecule has 12 heteroatoms. The van der Waals surface area contributed by atoms with Crippen molar-refractivity contribution in [1.29, 1.82) is 0 Å². The van der Waals surface area contributed by atoms with Crippen LogP contribution in [0.1, 0.15) is 21.5 Å². The number of aromatic nitrogens is 1. The van der Waals surface area contributed by atoms with Crippen LogP contribution in [0.5, 0.6) is 5.75 Å². The van der Waals surface area contributed by atoms with Crippen molar-refractivity contribution in [3.8, 4) is 5.75 Å². The van der Waals surface area contributed by atoms with Crippen LogP contribution < -0.4 is 9.75 Å². The van der Waals surface area contributed by atoms with Gasteiger partial charge in [-0.15, -0.1) is 0 Å². The minimum atomic E-state index is -4.63. The Labute approximate surface area is 200 Å². The number of anilines is 1. The molecular weight excluding hydrogens is 485 g/mol. The molecule has 3 aromatic carbocycles. The maximum atomic E-state index is 13.3. The zero-order valence-corrected chi connectivity index (χ0v) is 18.7. The summed E-state index contributed by atoms with van der Waals surface area (Å²) in [5.74, 6) is -0.266. The first-order valence-corrected chi connectivity index (χ1v) is 10.7. The topological polar surface area (TPSA) is 97.9 Å². The number of hydrogen-bond acceptors (Lipinski definition) is 7. The van der Waals surface area contributed by atoms with E-state index in [4.69, 9.17) is 4.74 Å². The number of carbonyl (C=O) groups is 1. The van der Waals surface area contributed by atoms with Crippen molar-refractivity contribution in [1.82, 2.24) is 4.98 Å². The van der Waals surface area contributed by atoms with E-state index in [2.05, 4.69) is 10.1 Å². The maximum absolute atomic E-state index is 13.3. The smallest absolute Gasteiger partial charge is 0.416 e. The van der Waals surface area contributed by atoms with E-state index in [9.17, 15) is 28.1 Å². The summed E-state index contributed by atoms with van der Waals surface area (Å²) in [5, 5.41) is 16.0. The number of thiazole rings is 1. The van der Waals surface area contributed by atoms with Gasteiger partial charge in [0.05, 0.1) is 34.0 Å². The number of benzene rings is 3. The highest BCUT2D eigenvalue weighted by Crippen LogP contribution is 2.34. The van der Waals surface area contributed by atoms with Crippen molar-refractivity contribution < 1.29 is 27.6 Å². The van der Waals surface area contributed by atoms with Crippen molar-refractivity contribution in [2.24, 2.45) is 5.10 Å². The number of alkyl halides is 3. The molecule has 4 rings (SSSR count). The number of amides is 1. The minimum Gasteiger partial charge on any atom is -0.497 e. The molecule has 0 unspecified atom stereocenters. The zero-order valence-electron chi connectivity index (χ0n) is 17.9. The van der Waals surface area contributed by atoms with E-state index in [-0.39, 0.29) is 16.4 Å². The van der Waals surface area contributed by atoms with Crippen molar-refractivity contribution >= 4 is 44.5 Å². The normalized spacial score (nSPS) is 11.7. The molecule has 1 aromatic heterocycles. The van der Waals surface area contributed by atoms with Gasteiger partial charge >= 0.3 is 6.18 Å². The van der Waals surface area contributed by atoms with Crippen LogP contribution >= 0.6 is 11.3 Å². The highest BCUT2D eigenvalue weighted by atomic mass is 32.1. The van der Waals surface area contributed by atoms with Gasteiger partial charge in [0.1, 0.15) is 5.75 Å². The fraction of sp³-hybridized carbons (Fsp3) is 0.0870. The number of non-ortho nitro benzene ring substituents is 1. The average molecular weight is 500 g/mol. The number of nitrogens with zero attached hydrogens (tertiary/aromatic N) is 4. The second-order valence-corrected chi connectivity index (χ2v) is 8.13. The molecule has 0 atom stereocenters. The second kappa shape index (κ2) is 9.50. The SMILES string of the molecule is COc1ccc2nc(N(/N=C/c3ccc([N+](=O)[O-])cc3)C(=O)c3cccc(C(F)(F)F)c3)sc2c1. The Bertz CT molecular complexity index is 1430. The van der Waals surface area contributed by atoms with Gasteiger partial charge in [-0.1, -0.05) is 17.4 Å². The van der Waals surface area contributed by atoms with Gasteiger partial charge in [-0.25, -0.2) is 4.98 Å². The molecule has 0 spiro atoms. The molecule has 1 amide bonds. The summed E-state index contributed by atoms with van der Waals surface area (Å²) >= 11 is 1.10. The van der Waals surface area contributed by atoms with Crippen LogP contribution in [0.2, 0.25) is 0 Å². The second-order valence-electron chi connectivity index (χ2n) is 7.12. The monoisotopic (exact) mass is 500 g/mol. The lowest BCUT2D eigenvalue weighted by atomic mass is 10.1. The van der Waals surface area contributed by atoms with Gasteiger partial charge in [0.15, 0.2) is 0 Å². The van der Waals surface area contributed by atoms with E-state index in [0.29, 0.717) is 21.5 Å². The third kappa shape index (κ3) is 5.27. The molecule has 8 nitrogen and oxygen atoms in total. The number of halogens is 3. The number of nitro groups is 1. The summed E-state index contributed by atoms with van der Waals surface area (Å²) in [6.45, 7) is 0. The Balaban J connectivity index is 1.76. The fourth-order valence-electron chi connectivity index (χ4n) is 3.06. The zero-order chi connectivity index (χ0) is 25.2. The molecular formula is C23H15F3N4O4S. The van der Waals surface area contributed by atoms with Gasteiger partial charge in [0.25, 0.3) is 11.6 Å². The van der Waals surface area contributed by atoms with E-state index < -0.39 is 22.6 Å². The Morgan fingerprint density at radius 3 is 2.54 bits per heavy atom. The van der Waals surface area contributed by atoms with Crippen LogP contribution in [-0.2, 0) is 6.18 Å². The highest BCUT2D eigenvalue weighted by Gasteiger charge is 2.32. The van der Waals surface area contributed by atoms with E-state index in [1.54, 1.807) is 18.2 Å². The summed E-state index contributed by atoms with van der Waals surface area (Å²) < 4.78 is 45.5. The minimum absolute atomic E-state index is 0.119. The van der Waals surface area contributed by atoms with Gasteiger partial charge in [-0.05, 0) is 54.1 Å². The predicted molar refractivity (Wildman–Crippen MR) is 125 cm³/mol. The molecule has 4 aromatic rings. The summed E-state index contributed by atoms with van der Waals surface area (Å²) in [5.41, 5.74) is -0.369. The first-order chi connectivity index (χ1) is 16.7. The number of carbonyl (C=O) groups excluding carboxylic acids is 1. The van der Waals surface area contributed by atoms with Crippen molar-refractivity contribution in [3.63, 3.8) is 0 Å². The van der Waals surface area contributed by atoms with E-state index in [1.807, 2.05) is 0 Å². The lowest BCUT2D eigenvalue weighted by molar-refractivity contribution is -0.384. The Morgan fingerprint density at radius 1 is 1.14 bits per heavy atom. The van der Waals surface area contributed by atoms with Crippen LogP contribution in [0.25, 0.3) is 10.2 Å². The third-order valence-electron chi connectivity index (χ3n) is 4.82. The third-order valence-corrected chi connectivity index (χ3v) is 5.81. The Kier molecular flexibility index (Phi) is 6.47. The van der Waals surface area contributed by atoms with Crippen LogP contribution in [0.3, 0.4) is 0 Å². The number of fused-ring (bicyclic) bond motifs is 1. The standard InChI is InChI=1S/C23H15F3N4O4S/c1-34-18-9-10-19-20(12-18)35-22(28-19)29(27-13-14-5-7-17(8-6-14)30(32)33)21(31)15-3-2-4-16(11-15)23(24,25)26/h2-13H,1H3/b27-13+. The molecule has 0 saturated carbocycles. The van der Waals surface area contributed by atoms with Crippen LogP contribution in [0, 0.1) is 10.1 Å². The van der Waals surface area contributed by atoms with Gasteiger partial charge in [0.2, 0.25) is 5.13 Å². The lowest BCUT2D eigenvalue weighted by Crippen LogP contribution is -2.26. The Morgan fingerprint density at radius 2 is 1.89 bits per heavy atom. The molecule has 35 heavy (non-hydrogen) atoms. The number of nitro benzene ring substituents is 1. The number of rotatable bonds is 6. The summed E-state index contributed by atoms with van der Waals surface area (Å²) in [6, 6.07) is 14.5. The predicted octanol–water partition coefficient (Wildman–Crippen LogP) is 5.91. The fourth-order valence-corrected chi connectivity index (χ4v) is 4.01. The molecule has 0 N–H and O–H groups in total. The number of hydrazone groups is 1. The first kappa shape index (κ1) is 23.8. The van der Waals surface area contributed by atoms with E-state index in [0.717, 1.165) is 34.5 Å². The molecule has 0 aliphatic carbocycles. The molecule has 0 saturated heterocycles. The molecule has 0 aliphatic heterocycles. The van der Waals surface area contributed by atoms with E-state index >= 15 is 0 Å². The van der Waals surface area contributed by atoms with Crippen molar-refractivity contribution in [3.05, 3.63) is 93.5 Å². The molecule has 178 valence electrons. The van der Waals surface area contributed by atoms with Gasteiger partial charge < -0.3 is 4.74 Å². The summed E-state index contributed by atoms with van der Waals surface area (Å²) in [6.07, 6.45) is -3.36. The quantitative estimate of drug-likeness (QED) is 0.186. The summed E-state index contributed by atoms with van der Waals surface area (Å²) in [4.78, 5) is 28.0. The maximum Gasteiger partial charge on any atom is 0.416 e. The Hall–Kier alpha value is -4.32. The molecule has 1 heterocycles. The van der Waals surface area contributed by atoms with E-state index in [1.165, 1.54) is 43.7 Å². The number of methoxy groups -OCH3 is 1. The average Bonchev–Trinajstić information content (AvgIpc) is 3.26. The van der Waals surface area contributed by atoms with Crippen LogP contribution in [-0.4, -0.2) is 29.1 Å². The van der Waals surface area contributed by atoms with Gasteiger partial charge in [0, 0.05) is 17.7 Å². The first-order valence-electron chi connectivity index (χ1n) is 9.90. The molecule has 0 radical (unpaired) electrons. The summed E-state index contributed by atoms with van der Waals surface area (Å²) in [7, 11) is 1.50. The van der Waals surface area contributed by atoms with Crippen LogP contribution in [0.4, 0.5) is 24.0 Å². The van der Waals surface area contributed by atoms with Gasteiger partial charge in [-0.3, -0.25) is 14.9 Å².